The van der Waals surface area contributed by atoms with Crippen molar-refractivity contribution in [2.24, 2.45) is 0 Å². The van der Waals surface area contributed by atoms with Crippen molar-refractivity contribution in [3.63, 3.8) is 0 Å². The quantitative estimate of drug-likeness (QED) is 0.361. The minimum absolute atomic E-state index is 0.0355. The Bertz CT molecular complexity index is 502. The Morgan fingerprint density at radius 3 is 2.63 bits per heavy atom. The molecule has 19 heavy (non-hydrogen) atoms. The number of alkyl halides is 1. The first-order valence-corrected chi connectivity index (χ1v) is 6.36. The second kappa shape index (κ2) is 6.52. The maximum atomic E-state index is 11.5. The first kappa shape index (κ1) is 15.4. The van der Waals surface area contributed by atoms with Crippen molar-refractivity contribution in [3.8, 4) is 0 Å². The molecule has 0 fully saturated rings. The number of rotatable bonds is 5. The highest BCUT2D eigenvalue weighted by Gasteiger charge is 2.22. The molecule has 0 radical (unpaired) electrons. The van der Waals surface area contributed by atoms with Gasteiger partial charge >= 0.3 is 5.97 Å². The lowest BCUT2D eigenvalue weighted by molar-refractivity contribution is -0.385. The summed E-state index contributed by atoms with van der Waals surface area (Å²) in [5.41, 5.74) is 2.17. The summed E-state index contributed by atoms with van der Waals surface area (Å²) in [4.78, 5) is 22.0. The van der Waals surface area contributed by atoms with E-state index in [1.165, 1.54) is 6.07 Å². The molecule has 0 spiro atoms. The van der Waals surface area contributed by atoms with Gasteiger partial charge in [0.1, 0.15) is 5.38 Å². The monoisotopic (exact) mass is 285 g/mol. The van der Waals surface area contributed by atoms with Crippen molar-refractivity contribution in [1.82, 2.24) is 0 Å². The average molecular weight is 286 g/mol. The van der Waals surface area contributed by atoms with E-state index in [-0.39, 0.29) is 18.7 Å². The number of benzene rings is 1. The summed E-state index contributed by atoms with van der Waals surface area (Å²) in [5, 5.41) is 10.1. The van der Waals surface area contributed by atoms with Crippen LogP contribution < -0.4 is 0 Å². The van der Waals surface area contributed by atoms with Gasteiger partial charge in [0.05, 0.1) is 11.5 Å². The molecule has 0 aliphatic heterocycles. The number of esters is 1. The number of nitro groups is 1. The number of carbonyl (C=O) groups excluding carboxylic acids is 1. The summed E-state index contributed by atoms with van der Waals surface area (Å²) in [6.45, 7) is 5.45. The number of hydrogen-bond acceptors (Lipinski definition) is 4. The van der Waals surface area contributed by atoms with Crippen LogP contribution in [0.25, 0.3) is 0 Å². The van der Waals surface area contributed by atoms with Gasteiger partial charge in [-0.25, -0.2) is 0 Å². The summed E-state index contributed by atoms with van der Waals surface area (Å²) < 4.78 is 4.83. The number of nitrogens with zero attached hydrogens (tertiary/aromatic N) is 1. The lowest BCUT2D eigenvalue weighted by Gasteiger charge is -2.13. The van der Waals surface area contributed by atoms with Gasteiger partial charge in [0.25, 0.3) is 5.69 Å². The average Bonchev–Trinajstić information content (AvgIpc) is 2.33. The van der Waals surface area contributed by atoms with E-state index in [0.717, 1.165) is 11.1 Å². The highest BCUT2D eigenvalue weighted by molar-refractivity contribution is 6.30. The van der Waals surface area contributed by atoms with E-state index < -0.39 is 16.3 Å². The summed E-state index contributed by atoms with van der Waals surface area (Å²) in [6, 6.07) is 3.12. The third kappa shape index (κ3) is 3.67. The molecular formula is C13H16ClNO4. The zero-order chi connectivity index (χ0) is 14.6. The summed E-state index contributed by atoms with van der Waals surface area (Å²) in [5.74, 6) is -0.505. The molecule has 0 heterocycles. The first-order chi connectivity index (χ1) is 8.88. The number of halogens is 1. The van der Waals surface area contributed by atoms with Gasteiger partial charge in [-0.1, -0.05) is 6.07 Å². The molecule has 0 saturated heterocycles. The van der Waals surface area contributed by atoms with Crippen LogP contribution in [-0.4, -0.2) is 22.9 Å². The second-order valence-electron chi connectivity index (χ2n) is 4.19. The van der Waals surface area contributed by atoms with E-state index in [0.29, 0.717) is 5.56 Å². The Labute approximate surface area is 116 Å². The molecule has 1 aromatic rings. The Morgan fingerprint density at radius 1 is 1.47 bits per heavy atom. The highest BCUT2D eigenvalue weighted by Crippen LogP contribution is 2.26. The van der Waals surface area contributed by atoms with Crippen LogP contribution in [-0.2, 0) is 16.0 Å². The van der Waals surface area contributed by atoms with Gasteiger partial charge in [0, 0.05) is 18.1 Å². The van der Waals surface area contributed by atoms with Gasteiger partial charge in [0.15, 0.2) is 0 Å². The van der Waals surface area contributed by atoms with Crippen LogP contribution in [0.2, 0.25) is 0 Å². The molecule has 0 bridgehead atoms. The van der Waals surface area contributed by atoms with Crippen LogP contribution in [0, 0.1) is 24.0 Å². The van der Waals surface area contributed by atoms with Crippen LogP contribution in [0.4, 0.5) is 5.69 Å². The zero-order valence-electron chi connectivity index (χ0n) is 11.1. The van der Waals surface area contributed by atoms with Gasteiger partial charge in [-0.15, -0.1) is 11.6 Å². The molecule has 6 heteroatoms. The minimum Gasteiger partial charge on any atom is -0.465 e. The van der Waals surface area contributed by atoms with E-state index in [1.54, 1.807) is 19.9 Å². The summed E-state index contributed by atoms with van der Waals surface area (Å²) in [6.07, 6.45) is 0.222. The topological polar surface area (TPSA) is 69.4 Å². The van der Waals surface area contributed by atoms with Crippen LogP contribution in [0.1, 0.15) is 23.6 Å². The maximum Gasteiger partial charge on any atom is 0.324 e. The third-order valence-electron chi connectivity index (χ3n) is 2.93. The number of ether oxygens (including phenoxy) is 1. The van der Waals surface area contributed by atoms with Crippen LogP contribution in [0.5, 0.6) is 0 Å². The SMILES string of the molecule is CCOC(=O)C(Cl)Cc1c(C)ccc([N+](=O)[O-])c1C. The molecule has 0 saturated carbocycles. The molecule has 1 rings (SSSR count). The van der Waals surface area contributed by atoms with Gasteiger partial charge in [-0.2, -0.15) is 0 Å². The molecule has 104 valence electrons. The third-order valence-corrected chi connectivity index (χ3v) is 3.26. The Morgan fingerprint density at radius 2 is 2.11 bits per heavy atom. The standard InChI is InChI=1S/C13H16ClNO4/c1-4-19-13(16)11(14)7-10-8(2)5-6-12(9(10)3)15(17)18/h5-6,11H,4,7H2,1-3H3. The Hall–Kier alpha value is -1.62. The summed E-state index contributed by atoms with van der Waals surface area (Å²) in [7, 11) is 0. The molecule has 0 amide bonds. The Balaban J connectivity index is 3.03. The predicted molar refractivity (Wildman–Crippen MR) is 72.5 cm³/mol. The largest absolute Gasteiger partial charge is 0.465 e. The smallest absolute Gasteiger partial charge is 0.324 e. The normalized spacial score (nSPS) is 12.0. The lowest BCUT2D eigenvalue weighted by Crippen LogP contribution is -2.21. The van der Waals surface area contributed by atoms with Crippen molar-refractivity contribution in [2.45, 2.75) is 32.6 Å². The highest BCUT2D eigenvalue weighted by atomic mass is 35.5. The molecule has 0 aromatic heterocycles. The van der Waals surface area contributed by atoms with E-state index in [9.17, 15) is 14.9 Å². The Kier molecular flexibility index (Phi) is 5.30. The van der Waals surface area contributed by atoms with Crippen molar-refractivity contribution in [2.75, 3.05) is 6.61 Å². The number of carbonyl (C=O) groups is 1. The van der Waals surface area contributed by atoms with Crippen LogP contribution in [0.15, 0.2) is 12.1 Å². The molecule has 1 unspecified atom stereocenters. The zero-order valence-corrected chi connectivity index (χ0v) is 11.9. The van der Waals surface area contributed by atoms with Gasteiger partial charge in [-0.05, 0) is 31.9 Å². The second-order valence-corrected chi connectivity index (χ2v) is 4.71. The number of nitro benzene ring substituents is 1. The van der Waals surface area contributed by atoms with E-state index in [1.807, 2.05) is 6.92 Å². The summed E-state index contributed by atoms with van der Waals surface area (Å²) >= 11 is 5.98. The number of aryl methyl sites for hydroxylation is 1. The van der Waals surface area contributed by atoms with Gasteiger partial charge in [-0.3, -0.25) is 14.9 Å². The van der Waals surface area contributed by atoms with Gasteiger partial charge < -0.3 is 4.74 Å². The predicted octanol–water partition coefficient (Wildman–Crippen LogP) is 2.92. The van der Waals surface area contributed by atoms with E-state index >= 15 is 0 Å². The minimum atomic E-state index is -0.834. The van der Waals surface area contributed by atoms with E-state index in [4.69, 9.17) is 16.3 Å². The van der Waals surface area contributed by atoms with Crippen molar-refractivity contribution in [3.05, 3.63) is 38.9 Å². The lowest BCUT2D eigenvalue weighted by atomic mass is 9.97. The number of hydrogen-bond donors (Lipinski definition) is 0. The fraction of sp³-hybridized carbons (Fsp3) is 0.462. The van der Waals surface area contributed by atoms with Crippen LogP contribution in [0.3, 0.4) is 0 Å². The molecular weight excluding hydrogens is 270 g/mol. The molecule has 0 aliphatic rings. The molecule has 0 N–H and O–H groups in total. The molecule has 1 atom stereocenters. The first-order valence-electron chi connectivity index (χ1n) is 5.92. The van der Waals surface area contributed by atoms with E-state index in [2.05, 4.69) is 0 Å². The van der Waals surface area contributed by atoms with Crippen molar-refractivity contribution < 1.29 is 14.5 Å². The van der Waals surface area contributed by atoms with Gasteiger partial charge in [0.2, 0.25) is 0 Å². The fourth-order valence-corrected chi connectivity index (χ4v) is 2.10. The molecule has 5 nitrogen and oxygen atoms in total. The molecule has 1 aromatic carbocycles. The fourth-order valence-electron chi connectivity index (χ4n) is 1.89. The van der Waals surface area contributed by atoms with Crippen molar-refractivity contribution >= 4 is 23.3 Å². The maximum absolute atomic E-state index is 11.5. The van der Waals surface area contributed by atoms with Crippen LogP contribution >= 0.6 is 11.6 Å². The van der Waals surface area contributed by atoms with Crippen molar-refractivity contribution in [1.29, 1.82) is 0 Å². The molecule has 0 aliphatic carbocycles.